The first-order valence-corrected chi connectivity index (χ1v) is 12.8. The molecule has 1 amide bonds. The number of likely N-dealkylation sites (tertiary alicyclic amines) is 1. The minimum absolute atomic E-state index is 0.0283. The molecule has 1 saturated carbocycles. The highest BCUT2D eigenvalue weighted by Crippen LogP contribution is 2.63. The summed E-state index contributed by atoms with van der Waals surface area (Å²) in [4.78, 5) is 24.7. The number of fused-ring (bicyclic) bond motifs is 1. The molecule has 4 aliphatic rings. The van der Waals surface area contributed by atoms with Crippen LogP contribution in [0.3, 0.4) is 0 Å². The van der Waals surface area contributed by atoms with Gasteiger partial charge in [-0.1, -0.05) is 79.4 Å². The topological polar surface area (TPSA) is 66.8 Å². The zero-order valence-corrected chi connectivity index (χ0v) is 21.4. The summed E-state index contributed by atoms with van der Waals surface area (Å²) < 4.78 is 5.50. The average molecular weight is 496 g/mol. The number of amides is 1. The van der Waals surface area contributed by atoms with Gasteiger partial charge in [0, 0.05) is 36.6 Å². The Hall–Kier alpha value is -3.86. The lowest BCUT2D eigenvalue weighted by Gasteiger charge is -2.55. The van der Waals surface area contributed by atoms with E-state index in [-0.39, 0.29) is 11.3 Å². The fraction of sp³-hybridized carbons (Fsp3) is 0.312. The molecule has 2 bridgehead atoms. The van der Waals surface area contributed by atoms with E-state index in [2.05, 4.69) is 66.1 Å². The Morgan fingerprint density at radius 3 is 2.35 bits per heavy atom. The van der Waals surface area contributed by atoms with E-state index in [0.29, 0.717) is 29.1 Å². The van der Waals surface area contributed by atoms with E-state index in [9.17, 15) is 4.79 Å². The van der Waals surface area contributed by atoms with Crippen LogP contribution in [-0.4, -0.2) is 42.1 Å². The van der Waals surface area contributed by atoms with Gasteiger partial charge in [0.2, 0.25) is 0 Å². The van der Waals surface area contributed by atoms with Crippen molar-refractivity contribution in [3.8, 4) is 5.75 Å². The number of carbonyl (C=O) groups is 2. The van der Waals surface area contributed by atoms with Gasteiger partial charge in [0.15, 0.2) is 0 Å². The van der Waals surface area contributed by atoms with E-state index in [1.165, 1.54) is 23.1 Å². The Labute approximate surface area is 218 Å². The van der Waals surface area contributed by atoms with Crippen LogP contribution in [-0.2, 0) is 15.0 Å². The molecule has 0 aromatic heterocycles. The summed E-state index contributed by atoms with van der Waals surface area (Å²) in [6.45, 7) is 6.85. The summed E-state index contributed by atoms with van der Waals surface area (Å²) in [7, 11) is 1.64. The molecule has 1 aliphatic heterocycles. The van der Waals surface area contributed by atoms with E-state index in [0.717, 1.165) is 32.0 Å². The van der Waals surface area contributed by atoms with Crippen molar-refractivity contribution < 1.29 is 19.4 Å². The first kappa shape index (κ1) is 24.8. The number of carbonyl (C=O) groups excluding carboxylic acids is 1. The number of ether oxygens (including phenoxy) is 1. The van der Waals surface area contributed by atoms with Crippen molar-refractivity contribution in [1.82, 2.24) is 4.90 Å². The van der Waals surface area contributed by atoms with Gasteiger partial charge in [-0.15, -0.1) is 0 Å². The van der Waals surface area contributed by atoms with Crippen molar-refractivity contribution in [2.75, 3.05) is 20.2 Å². The normalized spacial score (nSPS) is 24.8. The molecule has 2 fully saturated rings. The number of para-hydroxylation sites is 1. The second kappa shape index (κ2) is 9.89. The highest BCUT2D eigenvalue weighted by atomic mass is 16.5. The Balaban J connectivity index is 0.000000655. The molecule has 5 nitrogen and oxygen atoms in total. The molecule has 1 N–H and O–H groups in total. The highest BCUT2D eigenvalue weighted by Gasteiger charge is 2.60. The fourth-order valence-electron chi connectivity index (χ4n) is 7.10. The number of nitrogens with zero attached hydrogens (tertiary/aromatic N) is 1. The number of methoxy groups -OCH3 is 1. The summed E-state index contributed by atoms with van der Waals surface area (Å²) >= 11 is 0. The van der Waals surface area contributed by atoms with Crippen LogP contribution in [0.15, 0.2) is 85.4 Å². The number of hydrogen-bond acceptors (Lipinski definition) is 3. The standard InChI is InChI=1S/C30H29NO2.C2H4O2/c1-20(22-12-7-9-15-28(22)33-2)29(32)31-18-25-23-16-17-30(27(25)19-31,21-10-4-3-5-11-21)26-14-8-6-13-24(23)26;1-2(3)4/h3-15,23,25,27H,1,16-19H2,2H3;1H3,(H,3,4). The van der Waals surface area contributed by atoms with Gasteiger partial charge < -0.3 is 14.7 Å². The largest absolute Gasteiger partial charge is 0.496 e. The lowest BCUT2D eigenvalue weighted by molar-refractivity contribution is -0.134. The first-order valence-electron chi connectivity index (χ1n) is 12.8. The SMILES string of the molecule is C=C(C(=O)N1CC2C3CCC(c4ccccc4)(c4ccccc43)C2C1)c1ccccc1OC.CC(=O)O. The van der Waals surface area contributed by atoms with Crippen molar-refractivity contribution in [3.63, 3.8) is 0 Å². The molecule has 1 saturated heterocycles. The van der Waals surface area contributed by atoms with Crippen molar-refractivity contribution in [3.05, 3.63) is 108 Å². The molecule has 3 aliphatic carbocycles. The zero-order chi connectivity index (χ0) is 26.2. The molecule has 1 heterocycles. The fourth-order valence-corrected chi connectivity index (χ4v) is 7.10. The highest BCUT2D eigenvalue weighted by molar-refractivity contribution is 6.19. The second-order valence-electron chi connectivity index (χ2n) is 10.2. The molecule has 5 heteroatoms. The van der Waals surface area contributed by atoms with Crippen molar-refractivity contribution in [2.24, 2.45) is 11.8 Å². The van der Waals surface area contributed by atoms with Gasteiger partial charge in [-0.3, -0.25) is 9.59 Å². The van der Waals surface area contributed by atoms with E-state index < -0.39 is 5.97 Å². The first-order chi connectivity index (χ1) is 17.9. The molecule has 37 heavy (non-hydrogen) atoms. The van der Waals surface area contributed by atoms with Crippen LogP contribution >= 0.6 is 0 Å². The zero-order valence-electron chi connectivity index (χ0n) is 21.4. The number of carboxylic acid groups (broad SMARTS) is 1. The molecular weight excluding hydrogens is 462 g/mol. The van der Waals surface area contributed by atoms with Crippen LogP contribution in [0.5, 0.6) is 5.75 Å². The molecular formula is C32H33NO4. The van der Waals surface area contributed by atoms with Crippen molar-refractivity contribution in [2.45, 2.75) is 31.1 Å². The number of benzene rings is 3. The maximum absolute atomic E-state index is 13.7. The van der Waals surface area contributed by atoms with Gasteiger partial charge in [0.25, 0.3) is 11.9 Å². The summed E-state index contributed by atoms with van der Waals surface area (Å²) in [6.07, 6.45) is 2.33. The lowest BCUT2D eigenvalue weighted by Crippen LogP contribution is -2.51. The Morgan fingerprint density at radius 2 is 1.62 bits per heavy atom. The molecule has 7 rings (SSSR count). The molecule has 4 atom stereocenters. The van der Waals surface area contributed by atoms with E-state index in [1.54, 1.807) is 7.11 Å². The Bertz CT molecular complexity index is 1330. The number of rotatable bonds is 4. The third kappa shape index (κ3) is 4.12. The molecule has 3 aromatic rings. The van der Waals surface area contributed by atoms with Crippen LogP contribution in [0.1, 0.15) is 47.9 Å². The second-order valence-corrected chi connectivity index (χ2v) is 10.2. The van der Waals surface area contributed by atoms with Gasteiger partial charge in [-0.2, -0.15) is 0 Å². The molecule has 4 unspecified atom stereocenters. The number of hydrogen-bond donors (Lipinski definition) is 1. The van der Waals surface area contributed by atoms with Gasteiger partial charge in [-0.25, -0.2) is 0 Å². The maximum Gasteiger partial charge on any atom is 0.300 e. The lowest BCUT2D eigenvalue weighted by atomic mass is 9.47. The van der Waals surface area contributed by atoms with Crippen molar-refractivity contribution >= 4 is 17.4 Å². The van der Waals surface area contributed by atoms with E-state index >= 15 is 0 Å². The molecule has 3 aromatic carbocycles. The van der Waals surface area contributed by atoms with Crippen LogP contribution in [0.2, 0.25) is 0 Å². The summed E-state index contributed by atoms with van der Waals surface area (Å²) in [5.74, 6) is 1.31. The predicted octanol–water partition coefficient (Wildman–Crippen LogP) is 5.75. The molecule has 0 spiro atoms. The minimum atomic E-state index is -0.833. The van der Waals surface area contributed by atoms with Crippen LogP contribution in [0, 0.1) is 11.8 Å². The quantitative estimate of drug-likeness (QED) is 0.468. The molecule has 0 radical (unpaired) electrons. The number of carboxylic acids is 1. The monoisotopic (exact) mass is 495 g/mol. The summed E-state index contributed by atoms with van der Waals surface area (Å²) in [6, 6.07) is 27.7. The minimum Gasteiger partial charge on any atom is -0.496 e. The van der Waals surface area contributed by atoms with Gasteiger partial charge in [0.05, 0.1) is 7.11 Å². The maximum atomic E-state index is 13.7. The Morgan fingerprint density at radius 1 is 0.973 bits per heavy atom. The smallest absolute Gasteiger partial charge is 0.300 e. The third-order valence-corrected chi connectivity index (χ3v) is 8.47. The van der Waals surface area contributed by atoms with Crippen LogP contribution < -0.4 is 4.74 Å². The number of aliphatic carboxylic acids is 1. The summed E-state index contributed by atoms with van der Waals surface area (Å²) in [5.41, 5.74) is 5.63. The van der Waals surface area contributed by atoms with E-state index in [4.69, 9.17) is 14.6 Å². The average Bonchev–Trinajstić information content (AvgIpc) is 3.40. The van der Waals surface area contributed by atoms with Gasteiger partial charge in [-0.05, 0) is 53.4 Å². The van der Waals surface area contributed by atoms with Crippen molar-refractivity contribution in [1.29, 1.82) is 0 Å². The van der Waals surface area contributed by atoms with Crippen LogP contribution in [0.4, 0.5) is 0 Å². The van der Waals surface area contributed by atoms with Gasteiger partial charge in [0.1, 0.15) is 5.75 Å². The van der Waals surface area contributed by atoms with E-state index in [1.807, 2.05) is 24.3 Å². The third-order valence-electron chi connectivity index (χ3n) is 8.47. The summed E-state index contributed by atoms with van der Waals surface area (Å²) in [5, 5.41) is 7.42. The van der Waals surface area contributed by atoms with Crippen LogP contribution in [0.25, 0.3) is 5.57 Å². The Kier molecular flexibility index (Phi) is 6.63. The van der Waals surface area contributed by atoms with Gasteiger partial charge >= 0.3 is 0 Å². The molecule has 190 valence electrons. The predicted molar refractivity (Wildman–Crippen MR) is 145 cm³/mol.